The standard InChI is InChI=1S/C22H24N4O2.C21H25N3O3/c1-3-19-15(2)21(27-13-16-7-5-4-6-8-16)22(14-23,28-19)20-10-9-18-17(24)11-12-25-26(18)20;1-3-18-14(2)20(26-13-15-7-5-4-6-8-15)21(25,27-18)19-10-9-17-16(22)11-12-23-24(17)19/h4-12,15,19,21H,3,13,24H2,1-2H3;4-12,14,18,20,25H,3,13,22H2,1-2H3/t15-,19-,21-,22+;14-,18-,20-,21?/m11/s1. The average molecular weight is 744 g/mol. The number of nitrogens with two attached hydrogens (primary N) is 2. The second kappa shape index (κ2) is 15.8. The molecule has 0 radical (unpaired) electrons. The fraction of sp³-hybridized carbons (Fsp3) is 0.372. The number of nitrogen functional groups attached to an aromatic ring is 2. The molecule has 8 rings (SSSR count). The maximum atomic E-state index is 11.6. The highest BCUT2D eigenvalue weighted by molar-refractivity contribution is 5.70. The van der Waals surface area contributed by atoms with Crippen molar-refractivity contribution < 1.29 is 24.1 Å². The van der Waals surface area contributed by atoms with Crippen molar-refractivity contribution in [2.45, 2.75) is 89.6 Å². The Morgan fingerprint density at radius 3 is 1.69 bits per heavy atom. The molecule has 2 saturated heterocycles. The number of anilines is 2. The number of benzene rings is 2. The molecule has 8 atom stereocenters. The number of aliphatic hydroxyl groups is 1. The molecule has 12 nitrogen and oxygen atoms in total. The molecule has 0 saturated carbocycles. The molecule has 4 aromatic heterocycles. The van der Waals surface area contributed by atoms with Gasteiger partial charge < -0.3 is 35.5 Å². The van der Waals surface area contributed by atoms with Gasteiger partial charge in [-0.1, -0.05) is 88.4 Å². The van der Waals surface area contributed by atoms with Crippen LogP contribution in [-0.2, 0) is 43.5 Å². The molecular weight excluding hydrogens is 695 g/mol. The number of ether oxygens (including phenoxy) is 4. The molecular formula is C43H49N7O5. The van der Waals surface area contributed by atoms with E-state index in [1.807, 2.05) is 91.9 Å². The van der Waals surface area contributed by atoms with Gasteiger partial charge in [0.15, 0.2) is 0 Å². The molecule has 6 heterocycles. The lowest BCUT2D eigenvalue weighted by Gasteiger charge is -2.29. The quantitative estimate of drug-likeness (QED) is 0.136. The zero-order valence-electron chi connectivity index (χ0n) is 31.7. The van der Waals surface area contributed by atoms with Crippen LogP contribution in [0.25, 0.3) is 11.0 Å². The maximum Gasteiger partial charge on any atom is 0.237 e. The van der Waals surface area contributed by atoms with E-state index in [1.54, 1.807) is 33.6 Å². The zero-order valence-corrected chi connectivity index (χ0v) is 31.7. The van der Waals surface area contributed by atoms with Crippen LogP contribution < -0.4 is 11.5 Å². The molecule has 6 aromatic rings. The lowest BCUT2D eigenvalue weighted by molar-refractivity contribution is -0.251. The van der Waals surface area contributed by atoms with E-state index in [9.17, 15) is 10.4 Å². The summed E-state index contributed by atoms with van der Waals surface area (Å²) in [4.78, 5) is 0. The molecule has 2 aromatic carbocycles. The molecule has 1 unspecified atom stereocenters. The van der Waals surface area contributed by atoms with Gasteiger partial charge in [-0.05, 0) is 60.4 Å². The average Bonchev–Trinajstić information content (AvgIpc) is 3.97. The molecule has 0 spiro atoms. The third kappa shape index (κ3) is 6.94. The van der Waals surface area contributed by atoms with Gasteiger partial charge in [0.25, 0.3) is 0 Å². The van der Waals surface area contributed by atoms with Gasteiger partial charge in [0.1, 0.15) is 24.0 Å². The van der Waals surface area contributed by atoms with Gasteiger partial charge in [0.05, 0.1) is 53.5 Å². The second-order valence-electron chi connectivity index (χ2n) is 14.4. The Labute approximate surface area is 321 Å². The van der Waals surface area contributed by atoms with Gasteiger partial charge in [-0.3, -0.25) is 0 Å². The first-order valence-electron chi connectivity index (χ1n) is 18.9. The maximum absolute atomic E-state index is 11.6. The summed E-state index contributed by atoms with van der Waals surface area (Å²) >= 11 is 0. The fourth-order valence-corrected chi connectivity index (χ4v) is 8.09. The van der Waals surface area contributed by atoms with Gasteiger partial charge in [-0.25, -0.2) is 9.03 Å². The normalized spacial score (nSPS) is 27.6. The van der Waals surface area contributed by atoms with Crippen molar-refractivity contribution in [3.05, 3.63) is 132 Å². The molecule has 0 bridgehead atoms. The molecule has 0 aliphatic carbocycles. The van der Waals surface area contributed by atoms with Gasteiger partial charge in [0.2, 0.25) is 11.4 Å². The first kappa shape index (κ1) is 38.0. The monoisotopic (exact) mass is 743 g/mol. The summed E-state index contributed by atoms with van der Waals surface area (Å²) < 4.78 is 28.4. The van der Waals surface area contributed by atoms with Crippen LogP contribution >= 0.6 is 0 Å². The van der Waals surface area contributed by atoms with E-state index in [4.69, 9.17) is 30.4 Å². The van der Waals surface area contributed by atoms with Crippen molar-refractivity contribution in [2.75, 3.05) is 11.5 Å². The summed E-state index contributed by atoms with van der Waals surface area (Å²) in [6.07, 6.45) is 3.70. The summed E-state index contributed by atoms with van der Waals surface area (Å²) in [6, 6.07) is 33.2. The topological polar surface area (TPSA) is 168 Å². The summed E-state index contributed by atoms with van der Waals surface area (Å²) in [5.41, 5.74) is 16.9. The summed E-state index contributed by atoms with van der Waals surface area (Å²) in [5.74, 6) is -1.52. The third-order valence-electron chi connectivity index (χ3n) is 11.0. The highest BCUT2D eigenvalue weighted by Gasteiger charge is 2.57. The fourth-order valence-electron chi connectivity index (χ4n) is 8.09. The summed E-state index contributed by atoms with van der Waals surface area (Å²) in [7, 11) is 0. The lowest BCUT2D eigenvalue weighted by atomic mass is 9.87. The Hall–Kier alpha value is -5.29. The Balaban J connectivity index is 0.000000169. The van der Waals surface area contributed by atoms with Crippen molar-refractivity contribution in [3.8, 4) is 6.07 Å². The molecule has 2 aliphatic rings. The number of hydrogen-bond donors (Lipinski definition) is 3. The smallest absolute Gasteiger partial charge is 0.237 e. The van der Waals surface area contributed by atoms with Crippen molar-refractivity contribution in [3.63, 3.8) is 0 Å². The van der Waals surface area contributed by atoms with Crippen LogP contribution in [0.1, 0.15) is 63.1 Å². The van der Waals surface area contributed by atoms with Crippen LogP contribution in [0.5, 0.6) is 0 Å². The van der Waals surface area contributed by atoms with Crippen LogP contribution in [0.15, 0.2) is 109 Å². The number of nitrogens with zero attached hydrogens (tertiary/aromatic N) is 5. The van der Waals surface area contributed by atoms with Crippen molar-refractivity contribution in [1.29, 1.82) is 5.26 Å². The van der Waals surface area contributed by atoms with Crippen molar-refractivity contribution >= 4 is 22.4 Å². The largest absolute Gasteiger partial charge is 0.397 e. The van der Waals surface area contributed by atoms with E-state index in [0.29, 0.717) is 36.0 Å². The van der Waals surface area contributed by atoms with Gasteiger partial charge in [-0.2, -0.15) is 15.5 Å². The first-order valence-corrected chi connectivity index (χ1v) is 18.9. The van der Waals surface area contributed by atoms with Crippen molar-refractivity contribution in [2.24, 2.45) is 11.8 Å². The minimum Gasteiger partial charge on any atom is -0.397 e. The summed E-state index contributed by atoms with van der Waals surface area (Å²) in [6.45, 7) is 9.07. The number of nitriles is 1. The van der Waals surface area contributed by atoms with Gasteiger partial charge >= 0.3 is 0 Å². The van der Waals surface area contributed by atoms with Crippen LogP contribution in [-0.4, -0.2) is 48.8 Å². The van der Waals surface area contributed by atoms with Gasteiger partial charge in [0, 0.05) is 24.2 Å². The molecule has 2 fully saturated rings. The molecule has 2 aliphatic heterocycles. The van der Waals surface area contributed by atoms with E-state index < -0.39 is 23.6 Å². The molecule has 286 valence electrons. The highest BCUT2D eigenvalue weighted by atomic mass is 16.7. The van der Waals surface area contributed by atoms with E-state index >= 15 is 0 Å². The highest BCUT2D eigenvalue weighted by Crippen LogP contribution is 2.47. The van der Waals surface area contributed by atoms with E-state index in [0.717, 1.165) is 35.0 Å². The second-order valence-corrected chi connectivity index (χ2v) is 14.4. The minimum atomic E-state index is -1.60. The molecule has 0 amide bonds. The SMILES string of the molecule is CC[C@H]1OC(O)(c2ccc3c(N)ccnn23)[C@H](OCc2ccccc2)[C@@H]1C.CC[C@H]1O[C@@](C#N)(c2ccc3c(N)ccnn23)[C@H](OCc2ccccc2)[C@@H]1C. The first-order chi connectivity index (χ1) is 26.6. The number of hydrogen-bond acceptors (Lipinski definition) is 10. The van der Waals surface area contributed by atoms with Crippen LogP contribution in [0, 0.1) is 23.2 Å². The van der Waals surface area contributed by atoms with E-state index in [-0.39, 0.29) is 24.0 Å². The Morgan fingerprint density at radius 1 is 0.691 bits per heavy atom. The third-order valence-corrected chi connectivity index (χ3v) is 11.0. The minimum absolute atomic E-state index is 0.0234. The van der Waals surface area contributed by atoms with E-state index in [2.05, 4.69) is 37.0 Å². The van der Waals surface area contributed by atoms with Crippen LogP contribution in [0.3, 0.4) is 0 Å². The molecule has 5 N–H and O–H groups in total. The van der Waals surface area contributed by atoms with E-state index in [1.165, 1.54) is 0 Å². The number of aromatic nitrogens is 4. The lowest BCUT2D eigenvalue weighted by Crippen LogP contribution is -2.41. The number of rotatable bonds is 10. The zero-order chi connectivity index (χ0) is 38.7. The number of fused-ring (bicyclic) bond motifs is 2. The van der Waals surface area contributed by atoms with Crippen LogP contribution in [0.2, 0.25) is 0 Å². The Bertz CT molecular complexity index is 2260. The predicted molar refractivity (Wildman–Crippen MR) is 209 cm³/mol. The molecule has 12 heteroatoms. The predicted octanol–water partition coefficient (Wildman–Crippen LogP) is 6.76. The summed E-state index contributed by atoms with van der Waals surface area (Å²) in [5, 5.41) is 30.7. The van der Waals surface area contributed by atoms with Gasteiger partial charge in [-0.15, -0.1) is 0 Å². The molecule has 55 heavy (non-hydrogen) atoms. The Morgan fingerprint density at radius 2 is 1.16 bits per heavy atom. The Kier molecular flexibility index (Phi) is 10.9. The van der Waals surface area contributed by atoms with Crippen LogP contribution in [0.4, 0.5) is 11.4 Å². The van der Waals surface area contributed by atoms with Crippen molar-refractivity contribution in [1.82, 2.24) is 19.2 Å².